The number of ketones is 1. The molecule has 1 aliphatic rings. The molecule has 22 heavy (non-hydrogen) atoms. The molecule has 0 fully saturated rings. The van der Waals surface area contributed by atoms with Gasteiger partial charge >= 0.3 is 0 Å². The minimum absolute atomic E-state index is 0.160. The molecular formula is C18H17ClN2O. The van der Waals surface area contributed by atoms with E-state index < -0.39 is 0 Å². The van der Waals surface area contributed by atoms with E-state index in [0.717, 1.165) is 29.8 Å². The maximum Gasteiger partial charge on any atom is 0.157 e. The van der Waals surface area contributed by atoms with Gasteiger partial charge in [-0.05, 0) is 36.6 Å². The molecule has 112 valence electrons. The highest BCUT2D eigenvalue weighted by Crippen LogP contribution is 2.29. The largest absolute Gasteiger partial charge is 0.376 e. The zero-order chi connectivity index (χ0) is 15.4. The molecule has 1 atom stereocenters. The number of carbonyl (C=O) groups is 1. The molecule has 3 nitrogen and oxygen atoms in total. The molecule has 0 radical (unpaired) electrons. The number of benzene rings is 1. The lowest BCUT2D eigenvalue weighted by Crippen LogP contribution is -2.25. The van der Waals surface area contributed by atoms with Crippen LogP contribution in [0.25, 0.3) is 0 Å². The van der Waals surface area contributed by atoms with Crippen molar-refractivity contribution >= 4 is 17.4 Å². The van der Waals surface area contributed by atoms with Crippen molar-refractivity contribution in [1.29, 1.82) is 0 Å². The third-order valence-corrected chi connectivity index (χ3v) is 4.08. The normalized spacial score (nSPS) is 16.0. The number of carbonyl (C=O) groups excluding carboxylic acids is 1. The first-order valence-electron chi connectivity index (χ1n) is 7.39. The number of nitrogens with zero attached hydrogens (tertiary/aromatic N) is 1. The minimum Gasteiger partial charge on any atom is -0.376 e. The van der Waals surface area contributed by atoms with E-state index in [2.05, 4.69) is 10.3 Å². The molecule has 0 bridgehead atoms. The van der Waals surface area contributed by atoms with Crippen LogP contribution in [0.15, 0.2) is 60.4 Å². The number of aromatic nitrogens is 1. The highest BCUT2D eigenvalue weighted by atomic mass is 35.5. The highest BCUT2D eigenvalue weighted by Gasteiger charge is 2.20. The monoisotopic (exact) mass is 312 g/mol. The molecule has 0 aliphatic heterocycles. The second-order valence-electron chi connectivity index (χ2n) is 5.34. The Kier molecular flexibility index (Phi) is 4.54. The van der Waals surface area contributed by atoms with Crippen LogP contribution in [-0.2, 0) is 4.79 Å². The first kappa shape index (κ1) is 14.8. The Hall–Kier alpha value is -2.13. The van der Waals surface area contributed by atoms with Gasteiger partial charge in [-0.1, -0.05) is 35.9 Å². The Balaban J connectivity index is 1.97. The average molecular weight is 313 g/mol. The second-order valence-corrected chi connectivity index (χ2v) is 5.75. The lowest BCUT2D eigenvalue weighted by molar-refractivity contribution is -0.115. The van der Waals surface area contributed by atoms with Gasteiger partial charge in [-0.2, -0.15) is 0 Å². The van der Waals surface area contributed by atoms with Crippen LogP contribution in [0.2, 0.25) is 5.02 Å². The maximum atomic E-state index is 11.6. The molecule has 1 unspecified atom stereocenters. The Bertz CT molecular complexity index is 697. The van der Waals surface area contributed by atoms with Gasteiger partial charge in [0.15, 0.2) is 5.78 Å². The molecule has 1 N–H and O–H groups in total. The number of rotatable bonds is 4. The van der Waals surface area contributed by atoms with Gasteiger partial charge in [0.1, 0.15) is 0 Å². The van der Waals surface area contributed by atoms with Gasteiger partial charge in [-0.15, -0.1) is 0 Å². The van der Waals surface area contributed by atoms with E-state index in [4.69, 9.17) is 11.6 Å². The van der Waals surface area contributed by atoms with Crippen molar-refractivity contribution in [2.75, 3.05) is 0 Å². The molecule has 3 rings (SSSR count). The molecule has 1 aromatic heterocycles. The Labute approximate surface area is 135 Å². The van der Waals surface area contributed by atoms with Crippen molar-refractivity contribution in [3.8, 4) is 0 Å². The number of allylic oxidation sites excluding steroid dienone is 2. The summed E-state index contributed by atoms with van der Waals surface area (Å²) >= 11 is 6.36. The fourth-order valence-corrected chi connectivity index (χ4v) is 2.90. The number of halogens is 1. The zero-order valence-electron chi connectivity index (χ0n) is 12.1. The summed E-state index contributed by atoms with van der Waals surface area (Å²) < 4.78 is 0. The zero-order valence-corrected chi connectivity index (χ0v) is 12.9. The van der Waals surface area contributed by atoms with E-state index in [1.165, 1.54) is 0 Å². The van der Waals surface area contributed by atoms with E-state index in [1.54, 1.807) is 12.3 Å². The quantitative estimate of drug-likeness (QED) is 0.926. The highest BCUT2D eigenvalue weighted by molar-refractivity contribution is 6.31. The molecule has 1 aliphatic carbocycles. The molecule has 2 aromatic rings. The van der Waals surface area contributed by atoms with Crippen LogP contribution >= 0.6 is 11.6 Å². The Morgan fingerprint density at radius 2 is 1.91 bits per heavy atom. The van der Waals surface area contributed by atoms with Gasteiger partial charge < -0.3 is 5.32 Å². The smallest absolute Gasteiger partial charge is 0.157 e. The lowest BCUT2D eigenvalue weighted by atomic mass is 9.99. The topological polar surface area (TPSA) is 42.0 Å². The maximum absolute atomic E-state index is 11.6. The summed E-state index contributed by atoms with van der Waals surface area (Å²) in [5, 5.41) is 4.14. The van der Waals surface area contributed by atoms with E-state index in [1.807, 2.05) is 42.5 Å². The fourth-order valence-electron chi connectivity index (χ4n) is 2.66. The summed E-state index contributed by atoms with van der Waals surface area (Å²) in [4.78, 5) is 16.1. The fraction of sp³-hybridized carbons (Fsp3) is 0.222. The molecule has 0 saturated carbocycles. The number of hydrogen-bond acceptors (Lipinski definition) is 3. The van der Waals surface area contributed by atoms with Crippen LogP contribution in [0.3, 0.4) is 0 Å². The number of nitrogens with one attached hydrogen (secondary N) is 1. The summed E-state index contributed by atoms with van der Waals surface area (Å²) in [6.07, 6.45) is 5.86. The standard InChI is InChI=1S/C18H17ClN2O/c19-16-9-2-1-8-15(16)18(17-10-3-4-11-20-17)21-13-6-5-7-14(22)12-13/h1-4,8-12,18,21H,5-7H2. The molecule has 4 heteroatoms. The van der Waals surface area contributed by atoms with E-state index in [-0.39, 0.29) is 11.8 Å². The predicted octanol–water partition coefficient (Wildman–Crippen LogP) is 4.05. The molecule has 0 spiro atoms. The van der Waals surface area contributed by atoms with Gasteiger partial charge in [0.25, 0.3) is 0 Å². The van der Waals surface area contributed by atoms with Crippen molar-refractivity contribution in [2.24, 2.45) is 0 Å². The van der Waals surface area contributed by atoms with Gasteiger partial charge in [-0.25, -0.2) is 0 Å². The van der Waals surface area contributed by atoms with E-state index >= 15 is 0 Å². The SMILES string of the molecule is O=C1C=C(NC(c2ccccn2)c2ccccc2Cl)CCC1. The molecule has 1 aromatic carbocycles. The van der Waals surface area contributed by atoms with Crippen LogP contribution < -0.4 is 5.32 Å². The van der Waals surface area contributed by atoms with Gasteiger partial charge in [0, 0.05) is 29.4 Å². The van der Waals surface area contributed by atoms with Crippen molar-refractivity contribution < 1.29 is 4.79 Å². The third-order valence-electron chi connectivity index (χ3n) is 3.73. The molecular weight excluding hydrogens is 296 g/mol. The summed E-state index contributed by atoms with van der Waals surface area (Å²) in [5.74, 6) is 0.174. The van der Waals surface area contributed by atoms with Gasteiger partial charge in [-0.3, -0.25) is 9.78 Å². The Morgan fingerprint density at radius 1 is 1.09 bits per heavy atom. The first-order chi connectivity index (χ1) is 10.7. The predicted molar refractivity (Wildman–Crippen MR) is 87.6 cm³/mol. The van der Waals surface area contributed by atoms with Crippen molar-refractivity contribution in [2.45, 2.75) is 25.3 Å². The first-order valence-corrected chi connectivity index (χ1v) is 7.77. The minimum atomic E-state index is -0.160. The number of pyridine rings is 1. The molecule has 0 amide bonds. The third kappa shape index (κ3) is 3.37. The van der Waals surface area contributed by atoms with E-state index in [0.29, 0.717) is 11.4 Å². The lowest BCUT2D eigenvalue weighted by Gasteiger charge is -2.24. The summed E-state index contributed by atoms with van der Waals surface area (Å²) in [5.41, 5.74) is 2.79. The van der Waals surface area contributed by atoms with Crippen LogP contribution in [0.1, 0.15) is 36.6 Å². The summed E-state index contributed by atoms with van der Waals surface area (Å²) in [6.45, 7) is 0. The Morgan fingerprint density at radius 3 is 2.64 bits per heavy atom. The summed E-state index contributed by atoms with van der Waals surface area (Å²) in [6, 6.07) is 13.4. The van der Waals surface area contributed by atoms with E-state index in [9.17, 15) is 4.79 Å². The second kappa shape index (κ2) is 6.75. The van der Waals surface area contributed by atoms with Gasteiger partial charge in [0.2, 0.25) is 0 Å². The van der Waals surface area contributed by atoms with Crippen LogP contribution in [-0.4, -0.2) is 10.8 Å². The molecule has 1 heterocycles. The van der Waals surface area contributed by atoms with Crippen molar-refractivity contribution in [1.82, 2.24) is 10.3 Å². The number of hydrogen-bond donors (Lipinski definition) is 1. The van der Waals surface area contributed by atoms with Crippen molar-refractivity contribution in [3.63, 3.8) is 0 Å². The van der Waals surface area contributed by atoms with Crippen LogP contribution in [0, 0.1) is 0 Å². The molecule has 0 saturated heterocycles. The van der Waals surface area contributed by atoms with Crippen LogP contribution in [0.4, 0.5) is 0 Å². The van der Waals surface area contributed by atoms with Crippen LogP contribution in [0.5, 0.6) is 0 Å². The average Bonchev–Trinajstić information content (AvgIpc) is 2.54. The summed E-state index contributed by atoms with van der Waals surface area (Å²) in [7, 11) is 0. The van der Waals surface area contributed by atoms with Gasteiger partial charge in [0.05, 0.1) is 11.7 Å². The van der Waals surface area contributed by atoms with Crippen molar-refractivity contribution in [3.05, 3.63) is 76.7 Å².